The number of rotatable bonds is 11. The summed E-state index contributed by atoms with van der Waals surface area (Å²) >= 11 is 1.65. The highest BCUT2D eigenvalue weighted by Crippen LogP contribution is 2.22. The molecule has 0 saturated carbocycles. The highest BCUT2D eigenvalue weighted by atomic mass is 32.2. The van der Waals surface area contributed by atoms with Crippen LogP contribution in [0.2, 0.25) is 0 Å². The molecule has 182 valence electrons. The minimum absolute atomic E-state index is 0.0824. The molecule has 3 rings (SSSR count). The van der Waals surface area contributed by atoms with Crippen molar-refractivity contribution in [3.63, 3.8) is 0 Å². The zero-order valence-corrected chi connectivity index (χ0v) is 20.5. The molecule has 3 aromatic rings. The summed E-state index contributed by atoms with van der Waals surface area (Å²) < 4.78 is 13.4. The summed E-state index contributed by atoms with van der Waals surface area (Å²) in [7, 11) is 0. The number of para-hydroxylation sites is 2. The summed E-state index contributed by atoms with van der Waals surface area (Å²) in [4.78, 5) is 26.2. The second-order valence-electron chi connectivity index (χ2n) is 8.04. The van der Waals surface area contributed by atoms with E-state index < -0.39 is 0 Å². The van der Waals surface area contributed by atoms with Crippen molar-refractivity contribution in [2.24, 2.45) is 0 Å². The fourth-order valence-corrected chi connectivity index (χ4v) is 3.89. The van der Waals surface area contributed by atoms with Gasteiger partial charge in [0.15, 0.2) is 0 Å². The van der Waals surface area contributed by atoms with Gasteiger partial charge in [0, 0.05) is 23.4 Å². The normalized spacial score (nSPS) is 11.2. The molecule has 0 aliphatic rings. The average molecular weight is 492 g/mol. The van der Waals surface area contributed by atoms with Gasteiger partial charge in [0.2, 0.25) is 5.91 Å². The topological polar surface area (TPSA) is 84.2 Å². The largest absolute Gasteiger partial charge is 0.397 e. The predicted octanol–water partition coefficient (Wildman–Crippen LogP) is 5.99. The standard InChI is InChI=1S/C28H30FN3O2S/c1-35-23-16-10-20(11-17-23)19-24(21-12-14-22(29)15-13-21)28(34)31-18-6-2-3-9-27(33)32-26-8-5-4-7-25(26)30/h4-5,7-8,10-17,19H,2-3,6,9,18,30H2,1H3,(H,31,34)(H,32,33). The number of benzene rings is 3. The second-order valence-corrected chi connectivity index (χ2v) is 8.92. The SMILES string of the molecule is CSc1ccc(C=C(C(=O)NCCCCCC(=O)Nc2ccccc2N)c2ccc(F)cc2)cc1. The van der Waals surface area contributed by atoms with Crippen LogP contribution in [0, 0.1) is 5.82 Å². The van der Waals surface area contributed by atoms with Crippen LogP contribution in [0.3, 0.4) is 0 Å². The first-order valence-corrected chi connectivity index (χ1v) is 12.7. The summed E-state index contributed by atoms with van der Waals surface area (Å²) in [5.74, 6) is -0.652. The number of nitrogen functional groups attached to an aromatic ring is 1. The van der Waals surface area contributed by atoms with Gasteiger partial charge in [-0.05, 0) is 72.7 Å². The average Bonchev–Trinajstić information content (AvgIpc) is 2.87. The molecule has 4 N–H and O–H groups in total. The molecule has 0 unspecified atom stereocenters. The van der Waals surface area contributed by atoms with Crippen molar-refractivity contribution in [3.05, 3.63) is 89.7 Å². The number of anilines is 2. The van der Waals surface area contributed by atoms with Gasteiger partial charge < -0.3 is 16.4 Å². The molecule has 0 aliphatic heterocycles. The van der Waals surface area contributed by atoms with Crippen LogP contribution in [0.1, 0.15) is 36.8 Å². The lowest BCUT2D eigenvalue weighted by Crippen LogP contribution is -2.25. The van der Waals surface area contributed by atoms with Gasteiger partial charge in [-0.2, -0.15) is 0 Å². The van der Waals surface area contributed by atoms with Crippen LogP contribution in [0.5, 0.6) is 0 Å². The number of carbonyl (C=O) groups excluding carboxylic acids is 2. The maximum absolute atomic E-state index is 13.4. The van der Waals surface area contributed by atoms with Crippen molar-refractivity contribution in [2.75, 3.05) is 23.9 Å². The number of carbonyl (C=O) groups is 2. The van der Waals surface area contributed by atoms with Gasteiger partial charge in [-0.1, -0.05) is 42.8 Å². The minimum atomic E-state index is -0.350. The molecular formula is C28H30FN3O2S. The van der Waals surface area contributed by atoms with E-state index in [1.807, 2.05) is 48.7 Å². The van der Waals surface area contributed by atoms with E-state index in [9.17, 15) is 14.0 Å². The Morgan fingerprint density at radius 1 is 0.943 bits per heavy atom. The molecule has 0 radical (unpaired) electrons. The summed E-state index contributed by atoms with van der Waals surface area (Å²) in [6.45, 7) is 0.482. The number of unbranched alkanes of at least 4 members (excludes halogenated alkanes) is 2. The molecule has 7 heteroatoms. The van der Waals surface area contributed by atoms with Crippen LogP contribution >= 0.6 is 11.8 Å². The lowest BCUT2D eigenvalue weighted by Gasteiger charge is -2.11. The van der Waals surface area contributed by atoms with Crippen molar-refractivity contribution >= 4 is 46.6 Å². The Morgan fingerprint density at radius 3 is 2.34 bits per heavy atom. The molecule has 0 heterocycles. The van der Waals surface area contributed by atoms with E-state index in [-0.39, 0.29) is 17.6 Å². The fraction of sp³-hybridized carbons (Fsp3) is 0.214. The van der Waals surface area contributed by atoms with Crippen LogP contribution in [0.4, 0.5) is 15.8 Å². The van der Waals surface area contributed by atoms with E-state index in [4.69, 9.17) is 5.73 Å². The van der Waals surface area contributed by atoms with E-state index in [2.05, 4.69) is 10.6 Å². The van der Waals surface area contributed by atoms with Gasteiger partial charge in [0.1, 0.15) is 5.82 Å². The Balaban J connectivity index is 1.51. The van der Waals surface area contributed by atoms with Crippen LogP contribution in [0.25, 0.3) is 11.6 Å². The predicted molar refractivity (Wildman–Crippen MR) is 143 cm³/mol. The quantitative estimate of drug-likeness (QED) is 0.101. The Kier molecular flexibility index (Phi) is 9.93. The Bertz CT molecular complexity index is 1160. The summed E-state index contributed by atoms with van der Waals surface area (Å²) in [6.07, 6.45) is 6.45. The van der Waals surface area contributed by atoms with Gasteiger partial charge in [-0.15, -0.1) is 11.8 Å². The van der Waals surface area contributed by atoms with Crippen LogP contribution in [-0.4, -0.2) is 24.6 Å². The summed E-state index contributed by atoms with van der Waals surface area (Å²) in [5, 5.41) is 5.77. The zero-order chi connectivity index (χ0) is 25.0. The lowest BCUT2D eigenvalue weighted by atomic mass is 10.0. The number of hydrogen-bond donors (Lipinski definition) is 3. The molecular weight excluding hydrogens is 461 g/mol. The van der Waals surface area contributed by atoms with Crippen molar-refractivity contribution < 1.29 is 14.0 Å². The molecule has 0 fully saturated rings. The maximum atomic E-state index is 13.4. The van der Waals surface area contributed by atoms with Crippen molar-refractivity contribution in [3.8, 4) is 0 Å². The first-order chi connectivity index (χ1) is 17.0. The van der Waals surface area contributed by atoms with E-state index in [0.29, 0.717) is 41.9 Å². The first-order valence-electron chi connectivity index (χ1n) is 11.5. The van der Waals surface area contributed by atoms with Crippen molar-refractivity contribution in [1.29, 1.82) is 0 Å². The number of nitrogens with two attached hydrogens (primary N) is 1. The smallest absolute Gasteiger partial charge is 0.251 e. The van der Waals surface area contributed by atoms with Crippen molar-refractivity contribution in [2.45, 2.75) is 30.6 Å². The Hall–Kier alpha value is -3.58. The van der Waals surface area contributed by atoms with Crippen LogP contribution in [-0.2, 0) is 9.59 Å². The highest BCUT2D eigenvalue weighted by molar-refractivity contribution is 7.98. The number of nitrogens with one attached hydrogen (secondary N) is 2. The first kappa shape index (κ1) is 26.0. The number of hydrogen-bond acceptors (Lipinski definition) is 4. The van der Waals surface area contributed by atoms with Crippen LogP contribution in [0.15, 0.2) is 77.7 Å². The third kappa shape index (κ3) is 8.30. The zero-order valence-electron chi connectivity index (χ0n) is 19.7. The van der Waals surface area contributed by atoms with Crippen molar-refractivity contribution in [1.82, 2.24) is 5.32 Å². The monoisotopic (exact) mass is 491 g/mol. The second kappa shape index (κ2) is 13.3. The lowest BCUT2D eigenvalue weighted by molar-refractivity contribution is -0.117. The van der Waals surface area contributed by atoms with Gasteiger partial charge in [0.25, 0.3) is 5.91 Å². The molecule has 3 aromatic carbocycles. The molecule has 2 amide bonds. The summed E-state index contributed by atoms with van der Waals surface area (Å²) in [6, 6.07) is 21.0. The van der Waals surface area contributed by atoms with E-state index >= 15 is 0 Å². The molecule has 0 atom stereocenters. The Labute approximate surface area is 210 Å². The molecule has 0 spiro atoms. The third-order valence-electron chi connectivity index (χ3n) is 5.43. The fourth-order valence-electron chi connectivity index (χ4n) is 3.48. The molecule has 35 heavy (non-hydrogen) atoms. The van der Waals surface area contributed by atoms with E-state index in [1.54, 1.807) is 36.0 Å². The highest BCUT2D eigenvalue weighted by Gasteiger charge is 2.12. The number of amides is 2. The van der Waals surface area contributed by atoms with E-state index in [0.717, 1.165) is 23.3 Å². The van der Waals surface area contributed by atoms with Gasteiger partial charge in [-0.25, -0.2) is 4.39 Å². The van der Waals surface area contributed by atoms with Gasteiger partial charge in [0.05, 0.1) is 11.4 Å². The molecule has 0 saturated heterocycles. The number of halogens is 1. The minimum Gasteiger partial charge on any atom is -0.397 e. The van der Waals surface area contributed by atoms with Crippen LogP contribution < -0.4 is 16.4 Å². The molecule has 5 nitrogen and oxygen atoms in total. The molecule has 0 aliphatic carbocycles. The summed E-state index contributed by atoms with van der Waals surface area (Å²) in [5.41, 5.74) is 9.02. The van der Waals surface area contributed by atoms with Gasteiger partial charge >= 0.3 is 0 Å². The third-order valence-corrected chi connectivity index (χ3v) is 6.17. The van der Waals surface area contributed by atoms with E-state index in [1.165, 1.54) is 12.1 Å². The van der Waals surface area contributed by atoms with Gasteiger partial charge in [-0.3, -0.25) is 9.59 Å². The maximum Gasteiger partial charge on any atom is 0.251 e. The molecule has 0 bridgehead atoms. The Morgan fingerprint density at radius 2 is 1.66 bits per heavy atom. The number of thioether (sulfide) groups is 1. The molecule has 0 aromatic heterocycles.